The Bertz CT molecular complexity index is 649. The van der Waals surface area contributed by atoms with Crippen LogP contribution in [0.3, 0.4) is 0 Å². The Labute approximate surface area is 115 Å². The summed E-state index contributed by atoms with van der Waals surface area (Å²) in [5.74, 6) is -2.93. The number of fused-ring (bicyclic) bond motifs is 1. The van der Waals surface area contributed by atoms with Crippen LogP contribution in [0.4, 0.5) is 8.78 Å². The van der Waals surface area contributed by atoms with Gasteiger partial charge in [0.05, 0.1) is 36.3 Å². The molecule has 0 bridgehead atoms. The third-order valence-corrected chi connectivity index (χ3v) is 4.27. The van der Waals surface area contributed by atoms with Gasteiger partial charge in [-0.3, -0.25) is 0 Å². The fraction of sp³-hybridized carbons (Fsp3) is 0.400. The van der Waals surface area contributed by atoms with Gasteiger partial charge >= 0.3 is 0 Å². The molecule has 5 heteroatoms. The fourth-order valence-electron chi connectivity index (χ4n) is 3.11. The molecule has 3 rings (SSSR count). The predicted octanol–water partition coefficient (Wildman–Crippen LogP) is 3.10. The number of imidazole rings is 1. The van der Waals surface area contributed by atoms with Crippen molar-refractivity contribution in [3.05, 3.63) is 53.6 Å². The maximum absolute atomic E-state index is 14.7. The third-order valence-electron chi connectivity index (χ3n) is 4.27. The molecule has 0 saturated heterocycles. The van der Waals surface area contributed by atoms with E-state index in [4.69, 9.17) is 0 Å². The molecule has 106 valence electrons. The van der Waals surface area contributed by atoms with Crippen LogP contribution < -0.4 is 0 Å². The van der Waals surface area contributed by atoms with Crippen LogP contribution in [-0.2, 0) is 12.5 Å². The van der Waals surface area contributed by atoms with Gasteiger partial charge in [0, 0.05) is 5.56 Å². The van der Waals surface area contributed by atoms with E-state index >= 15 is 0 Å². The first-order valence-electron chi connectivity index (χ1n) is 6.50. The molecule has 3 nitrogen and oxygen atoms in total. The lowest BCUT2D eigenvalue weighted by molar-refractivity contribution is -0.113. The zero-order valence-corrected chi connectivity index (χ0v) is 11.3. The molecule has 0 saturated carbocycles. The minimum absolute atomic E-state index is 0.0626. The average molecular weight is 278 g/mol. The van der Waals surface area contributed by atoms with E-state index in [9.17, 15) is 13.9 Å². The van der Waals surface area contributed by atoms with Crippen molar-refractivity contribution in [3.8, 4) is 0 Å². The average Bonchev–Trinajstić information content (AvgIpc) is 2.91. The third kappa shape index (κ3) is 1.50. The Kier molecular flexibility index (Phi) is 2.73. The van der Waals surface area contributed by atoms with E-state index in [2.05, 4.69) is 4.98 Å². The Morgan fingerprint density at radius 3 is 2.70 bits per heavy atom. The summed E-state index contributed by atoms with van der Waals surface area (Å²) in [6, 6.07) is 6.06. The van der Waals surface area contributed by atoms with Gasteiger partial charge in [-0.15, -0.1) is 0 Å². The van der Waals surface area contributed by atoms with Gasteiger partial charge in [-0.1, -0.05) is 38.1 Å². The van der Waals surface area contributed by atoms with Gasteiger partial charge in [-0.2, -0.15) is 0 Å². The quantitative estimate of drug-likeness (QED) is 0.916. The molecule has 2 aromatic rings. The van der Waals surface area contributed by atoms with Crippen LogP contribution in [0.5, 0.6) is 0 Å². The van der Waals surface area contributed by atoms with Gasteiger partial charge in [0.15, 0.2) is 0 Å². The monoisotopic (exact) mass is 278 g/mol. The zero-order valence-electron chi connectivity index (χ0n) is 11.3. The van der Waals surface area contributed by atoms with E-state index in [1.54, 1.807) is 36.6 Å². The van der Waals surface area contributed by atoms with E-state index in [1.165, 1.54) is 18.6 Å². The minimum atomic E-state index is -2.93. The Hall–Kier alpha value is -1.75. The largest absolute Gasteiger partial charge is 0.390 e. The first-order valence-corrected chi connectivity index (χ1v) is 6.50. The van der Waals surface area contributed by atoms with Gasteiger partial charge in [0.25, 0.3) is 5.92 Å². The summed E-state index contributed by atoms with van der Waals surface area (Å²) < 4.78 is 31.0. The summed E-state index contributed by atoms with van der Waals surface area (Å²) >= 11 is 0. The molecule has 1 aliphatic carbocycles. The topological polar surface area (TPSA) is 38.0 Å². The highest BCUT2D eigenvalue weighted by molar-refractivity contribution is 5.43. The molecule has 1 atom stereocenters. The number of hydrogen-bond acceptors (Lipinski definition) is 2. The van der Waals surface area contributed by atoms with Crippen molar-refractivity contribution in [3.63, 3.8) is 0 Å². The molecule has 20 heavy (non-hydrogen) atoms. The van der Waals surface area contributed by atoms with Crippen molar-refractivity contribution in [1.82, 2.24) is 9.55 Å². The number of aliphatic hydroxyl groups excluding tert-OH is 1. The molecule has 0 aliphatic heterocycles. The van der Waals surface area contributed by atoms with Crippen molar-refractivity contribution >= 4 is 0 Å². The van der Waals surface area contributed by atoms with Crippen LogP contribution >= 0.6 is 0 Å². The molecule has 1 aromatic heterocycles. The van der Waals surface area contributed by atoms with E-state index < -0.39 is 17.4 Å². The number of benzene rings is 1. The molecule has 1 heterocycles. The molecular weight excluding hydrogens is 262 g/mol. The van der Waals surface area contributed by atoms with Crippen molar-refractivity contribution in [2.75, 3.05) is 0 Å². The zero-order chi connectivity index (χ0) is 14.5. The number of nitrogens with zero attached hydrogens (tertiary/aromatic N) is 2. The summed E-state index contributed by atoms with van der Waals surface area (Å²) in [6.45, 7) is 2.89. The van der Waals surface area contributed by atoms with E-state index in [0.29, 0.717) is 11.3 Å². The molecular formula is C15H16F2N2O. The van der Waals surface area contributed by atoms with Crippen molar-refractivity contribution in [2.24, 2.45) is 5.41 Å². The Morgan fingerprint density at radius 1 is 1.30 bits per heavy atom. The molecule has 0 fully saturated rings. The summed E-state index contributed by atoms with van der Waals surface area (Å²) in [5, 5.41) is 9.37. The predicted molar refractivity (Wildman–Crippen MR) is 70.4 cm³/mol. The highest BCUT2D eigenvalue weighted by Crippen LogP contribution is 2.60. The van der Waals surface area contributed by atoms with Crippen LogP contribution in [-0.4, -0.2) is 14.7 Å². The molecule has 0 radical (unpaired) electrons. The van der Waals surface area contributed by atoms with Gasteiger partial charge < -0.3 is 9.67 Å². The maximum Gasteiger partial charge on any atom is 0.280 e. The van der Waals surface area contributed by atoms with Crippen LogP contribution in [0.25, 0.3) is 0 Å². The van der Waals surface area contributed by atoms with Crippen molar-refractivity contribution < 1.29 is 13.9 Å². The highest BCUT2D eigenvalue weighted by Gasteiger charge is 2.60. The summed E-state index contributed by atoms with van der Waals surface area (Å²) in [7, 11) is 0. The second-order valence-corrected chi connectivity index (χ2v) is 5.74. The molecule has 0 amide bonds. The molecule has 0 unspecified atom stereocenters. The van der Waals surface area contributed by atoms with Gasteiger partial charge in [-0.05, 0) is 5.56 Å². The summed E-state index contributed by atoms with van der Waals surface area (Å²) in [5.41, 5.74) is -0.0974. The minimum Gasteiger partial charge on any atom is -0.390 e. The van der Waals surface area contributed by atoms with Crippen molar-refractivity contribution in [2.45, 2.75) is 32.4 Å². The van der Waals surface area contributed by atoms with Gasteiger partial charge in [0.1, 0.15) is 0 Å². The van der Waals surface area contributed by atoms with Crippen LogP contribution in [0.1, 0.15) is 36.7 Å². The lowest BCUT2D eigenvalue weighted by Gasteiger charge is -2.34. The first-order chi connectivity index (χ1) is 9.41. The number of aromatic nitrogens is 2. The summed E-state index contributed by atoms with van der Waals surface area (Å²) in [6.07, 6.45) is 3.02. The Morgan fingerprint density at radius 2 is 2.00 bits per heavy atom. The van der Waals surface area contributed by atoms with Crippen LogP contribution in [0.2, 0.25) is 0 Å². The molecule has 0 spiro atoms. The second-order valence-electron chi connectivity index (χ2n) is 5.74. The van der Waals surface area contributed by atoms with E-state index in [1.807, 2.05) is 0 Å². The number of halogens is 2. The Balaban J connectivity index is 2.26. The number of rotatable bonds is 2. The van der Waals surface area contributed by atoms with Crippen LogP contribution in [0.15, 0.2) is 36.8 Å². The highest BCUT2D eigenvalue weighted by atomic mass is 19.3. The smallest absolute Gasteiger partial charge is 0.280 e. The van der Waals surface area contributed by atoms with Crippen molar-refractivity contribution in [1.29, 1.82) is 0 Å². The fourth-order valence-corrected chi connectivity index (χ4v) is 3.11. The number of alkyl halides is 2. The van der Waals surface area contributed by atoms with E-state index in [-0.39, 0.29) is 12.2 Å². The lowest BCUT2D eigenvalue weighted by Crippen LogP contribution is -2.35. The summed E-state index contributed by atoms with van der Waals surface area (Å²) in [4.78, 5) is 3.98. The normalized spacial score (nSPS) is 22.8. The van der Waals surface area contributed by atoms with E-state index in [0.717, 1.165) is 0 Å². The molecule has 1 aliphatic rings. The molecule has 1 N–H and O–H groups in total. The lowest BCUT2D eigenvalue weighted by atomic mass is 9.82. The maximum atomic E-state index is 14.7. The van der Waals surface area contributed by atoms with Gasteiger partial charge in [0.2, 0.25) is 0 Å². The number of aliphatic hydroxyl groups is 1. The first kappa shape index (κ1) is 13.2. The standard InChI is InChI=1S/C15H16F2N2O/c1-14(2)13(19-9-18-7-10(19)8-20)11-5-3-4-6-12(11)15(14,16)17/h3-7,9,13,20H,8H2,1-2H3/t13-/m1/s1. The molecule has 1 aromatic carbocycles. The van der Waals surface area contributed by atoms with Crippen LogP contribution in [0, 0.1) is 5.41 Å². The number of hydrogen-bond donors (Lipinski definition) is 1. The SMILES string of the molecule is CC1(C)[C@H](n2cncc2CO)c2ccccc2C1(F)F. The van der Waals surface area contributed by atoms with Gasteiger partial charge in [-0.25, -0.2) is 13.8 Å². The second kappa shape index (κ2) is 4.12.